The molecule has 13 nitrogen and oxygen atoms in total. The van der Waals surface area contributed by atoms with Gasteiger partial charge in [-0.25, -0.2) is 4.57 Å². The third-order valence-corrected chi connectivity index (χ3v) is 18.0. The molecule has 16 heteroatoms. The van der Waals surface area contributed by atoms with Gasteiger partial charge in [-0.3, -0.25) is 23.4 Å². The lowest BCUT2D eigenvalue weighted by atomic mass is 9.57. The van der Waals surface area contributed by atoms with Crippen molar-refractivity contribution in [3.8, 4) is 6.07 Å². The van der Waals surface area contributed by atoms with E-state index >= 15 is 0 Å². The number of unbranched alkanes of at least 4 members (excludes halogenated alkanes) is 28. The minimum Gasteiger partial charge on any atom is -0.481 e. The monoisotopic (exact) mass is 1120 g/mol. The number of carboxylic acid groups (broad SMARTS) is 1. The van der Waals surface area contributed by atoms with Crippen LogP contribution in [0.25, 0.3) is 0 Å². The summed E-state index contributed by atoms with van der Waals surface area (Å²) in [5.41, 5.74) is -3.18. The topological polar surface area (TPSA) is 202 Å². The number of aliphatic carboxylic acids is 1. The molecular formula is C59H111N2O11PS2. The van der Waals surface area contributed by atoms with E-state index in [0.717, 1.165) is 44.9 Å². The summed E-state index contributed by atoms with van der Waals surface area (Å²) in [6, 6.07) is 2.35. The van der Waals surface area contributed by atoms with Gasteiger partial charge in [0.25, 0.3) is 0 Å². The molecular weight excluding hydrogens is 1010 g/mol. The van der Waals surface area contributed by atoms with Gasteiger partial charge in [-0.2, -0.15) is 5.26 Å². The molecule has 75 heavy (non-hydrogen) atoms. The fraction of sp³-hybridized carbons (Fsp3) is 0.915. The number of amides is 1. The molecule has 0 aromatic heterocycles. The predicted octanol–water partition coefficient (Wildman–Crippen LogP) is 16.7. The molecule has 4 N–H and O–H groups in total. The second-order valence-electron chi connectivity index (χ2n) is 23.0. The number of nitriles is 1. The zero-order valence-electron chi connectivity index (χ0n) is 49.1. The van der Waals surface area contributed by atoms with Crippen molar-refractivity contribution >= 4 is 53.8 Å². The van der Waals surface area contributed by atoms with Crippen LogP contribution in [0.15, 0.2) is 0 Å². The van der Waals surface area contributed by atoms with Crippen LogP contribution in [-0.4, -0.2) is 80.7 Å². The van der Waals surface area contributed by atoms with Crippen molar-refractivity contribution in [1.29, 1.82) is 5.26 Å². The van der Waals surface area contributed by atoms with Crippen molar-refractivity contribution < 1.29 is 52.6 Å². The molecule has 1 amide bonds. The van der Waals surface area contributed by atoms with Gasteiger partial charge in [0.1, 0.15) is 12.7 Å². The Kier molecular flexibility index (Phi) is 42.3. The van der Waals surface area contributed by atoms with E-state index in [4.69, 9.17) is 30.7 Å². The number of rotatable bonds is 52. The van der Waals surface area contributed by atoms with Crippen LogP contribution in [0.4, 0.5) is 0 Å². The number of phosphoric ester groups is 1. The van der Waals surface area contributed by atoms with Crippen molar-refractivity contribution in [2.24, 2.45) is 16.2 Å². The highest BCUT2D eigenvalue weighted by Gasteiger charge is 2.55. The third-order valence-electron chi connectivity index (χ3n) is 15.5. The molecule has 0 aliphatic rings. The Morgan fingerprint density at radius 3 is 1.51 bits per heavy atom. The Bertz CT molecular complexity index is 1610. The number of esters is 1. The van der Waals surface area contributed by atoms with Crippen LogP contribution in [0.3, 0.4) is 0 Å². The van der Waals surface area contributed by atoms with Gasteiger partial charge in [0, 0.05) is 28.3 Å². The maximum Gasteiger partial charge on any atom is 0.472 e. The Hall–Kier alpha value is -1.63. The number of ether oxygens (including phenoxy) is 2. The number of carboxylic acids is 1. The zero-order chi connectivity index (χ0) is 56.5. The molecule has 0 aromatic carbocycles. The number of nitrogens with zero attached hydrogens (tertiary/aromatic N) is 1. The first kappa shape index (κ1) is 73.4. The average molecular weight is 1120 g/mol. The lowest BCUT2D eigenvalue weighted by Crippen LogP contribution is -2.51. The molecule has 0 saturated carbocycles. The number of aliphatic hydroxyl groups excluding tert-OH is 1. The van der Waals surface area contributed by atoms with Gasteiger partial charge in [-0.15, -0.1) is 11.8 Å². The van der Waals surface area contributed by atoms with Crippen LogP contribution < -0.4 is 5.32 Å². The standard InChI is InChI=1S/C59H111N2O11PS2/c1-10-12-14-16-18-20-22-24-26-28-30-32-34-36-38-40-53(63)69-46-51(72-54(64)41-39-37-35-33-31-29-27-25-23-21-19-17-15-13-11-2)47-71-73(67,68)70-45-44-61-52(62)42-43-58(8,49-60)56(4,5)48-59(9,55(65)66)57(6,7)75-50(3)74/h51,54,64H,10-48H2,1-9H3,(H,61,62)(H,65,66)(H,67,68)/t51-,54?,58?,59?/m1/s1. The second kappa shape index (κ2) is 43.2. The van der Waals surface area contributed by atoms with Crippen molar-refractivity contribution in [3.63, 3.8) is 0 Å². The van der Waals surface area contributed by atoms with Gasteiger partial charge in [-0.1, -0.05) is 220 Å². The van der Waals surface area contributed by atoms with Crippen LogP contribution in [0.2, 0.25) is 0 Å². The number of thiocarbonyl (C=S) groups is 1. The third kappa shape index (κ3) is 36.3. The van der Waals surface area contributed by atoms with Crippen LogP contribution in [0.5, 0.6) is 0 Å². The number of hydrogen-bond donors (Lipinski definition) is 4. The van der Waals surface area contributed by atoms with E-state index < -0.39 is 65.7 Å². The van der Waals surface area contributed by atoms with Gasteiger partial charge >= 0.3 is 19.8 Å². The Balaban J connectivity index is 5.07. The number of aliphatic hydroxyl groups is 1. The maximum absolute atomic E-state index is 13.0. The summed E-state index contributed by atoms with van der Waals surface area (Å²) < 4.78 is 34.5. The summed E-state index contributed by atoms with van der Waals surface area (Å²) in [6.07, 6.45) is 35.3. The molecule has 0 aliphatic heterocycles. The van der Waals surface area contributed by atoms with Crippen LogP contribution in [-0.2, 0) is 37.5 Å². The largest absolute Gasteiger partial charge is 0.481 e. The van der Waals surface area contributed by atoms with Crippen molar-refractivity contribution in [2.45, 2.75) is 304 Å². The number of nitrogens with one attached hydrogen (secondary N) is 1. The highest BCUT2D eigenvalue weighted by molar-refractivity contribution is 8.23. The molecule has 0 heterocycles. The number of carbonyl (C=O) groups is 3. The maximum atomic E-state index is 13.0. The summed E-state index contributed by atoms with van der Waals surface area (Å²) in [5, 5.41) is 34.2. The molecule has 440 valence electrons. The quantitative estimate of drug-likeness (QED) is 0.0147. The van der Waals surface area contributed by atoms with E-state index in [1.54, 1.807) is 20.8 Å². The van der Waals surface area contributed by atoms with Crippen molar-refractivity contribution in [2.75, 3.05) is 26.4 Å². The highest BCUT2D eigenvalue weighted by atomic mass is 32.2. The van der Waals surface area contributed by atoms with Gasteiger partial charge in [-0.05, 0) is 72.1 Å². The van der Waals surface area contributed by atoms with Gasteiger partial charge in [0.2, 0.25) is 5.91 Å². The molecule has 0 aromatic rings. The van der Waals surface area contributed by atoms with Gasteiger partial charge in [0.05, 0.1) is 30.1 Å². The van der Waals surface area contributed by atoms with E-state index in [-0.39, 0.29) is 45.4 Å². The number of carbonyl (C=O) groups excluding carboxylic acids is 2. The van der Waals surface area contributed by atoms with Crippen LogP contribution in [0.1, 0.15) is 287 Å². The minimum absolute atomic E-state index is 0.0549. The summed E-state index contributed by atoms with van der Waals surface area (Å²) in [7, 11) is -4.67. The first-order valence-corrected chi connectivity index (χ1v) is 32.4. The summed E-state index contributed by atoms with van der Waals surface area (Å²) in [5.74, 6) is -1.82. The van der Waals surface area contributed by atoms with Crippen molar-refractivity contribution in [3.05, 3.63) is 0 Å². The first-order valence-electron chi connectivity index (χ1n) is 29.7. The van der Waals surface area contributed by atoms with E-state index in [1.807, 2.05) is 27.7 Å². The number of thioether (sulfide) groups is 1. The molecule has 0 saturated heterocycles. The molecule has 0 radical (unpaired) electrons. The normalized spacial score (nSPS) is 15.3. The van der Waals surface area contributed by atoms with E-state index in [9.17, 15) is 39.3 Å². The zero-order valence-corrected chi connectivity index (χ0v) is 51.6. The molecule has 5 atom stereocenters. The van der Waals surface area contributed by atoms with E-state index in [0.29, 0.717) is 17.0 Å². The molecule has 0 fully saturated rings. The highest BCUT2D eigenvalue weighted by Crippen LogP contribution is 2.55. The van der Waals surface area contributed by atoms with Gasteiger partial charge < -0.3 is 29.9 Å². The van der Waals surface area contributed by atoms with Gasteiger partial charge in [0.15, 0.2) is 6.29 Å². The van der Waals surface area contributed by atoms with Crippen molar-refractivity contribution in [1.82, 2.24) is 5.32 Å². The molecule has 0 aliphatic carbocycles. The van der Waals surface area contributed by atoms with Crippen LogP contribution >= 0.6 is 31.8 Å². The smallest absolute Gasteiger partial charge is 0.472 e. The van der Waals surface area contributed by atoms with E-state index in [2.05, 4.69) is 25.2 Å². The Morgan fingerprint density at radius 2 is 1.09 bits per heavy atom. The fourth-order valence-electron chi connectivity index (χ4n) is 9.67. The average Bonchev–Trinajstić information content (AvgIpc) is 3.34. The summed E-state index contributed by atoms with van der Waals surface area (Å²) >= 11 is 6.62. The summed E-state index contributed by atoms with van der Waals surface area (Å²) in [4.78, 5) is 49.0. The predicted molar refractivity (Wildman–Crippen MR) is 313 cm³/mol. The first-order chi connectivity index (χ1) is 35.5. The van der Waals surface area contributed by atoms with Crippen LogP contribution in [0, 0.1) is 27.6 Å². The molecule has 4 unspecified atom stereocenters. The molecule has 0 bridgehead atoms. The molecule has 0 rings (SSSR count). The number of phosphoric acid groups is 1. The lowest BCUT2D eigenvalue weighted by Gasteiger charge is -2.48. The number of hydrogen-bond acceptors (Lipinski definition) is 12. The Morgan fingerprint density at radius 1 is 0.667 bits per heavy atom. The lowest BCUT2D eigenvalue weighted by molar-refractivity contribution is -0.174. The second-order valence-corrected chi connectivity index (χ2v) is 27.2. The van der Waals surface area contributed by atoms with E-state index in [1.165, 1.54) is 153 Å². The minimum atomic E-state index is -4.67. The fourth-order valence-corrected chi connectivity index (χ4v) is 12.1. The SMILES string of the molecule is CCCCCCCCCCCCCCCCCC(=O)OC[C@H](COP(=O)(O)OCCNC(=O)CCC(C)(C#N)C(C)(C)CC(C)(C(=O)O)C(C)(C)SC(C)=S)OC(O)CCCCCCCCCCCCCCCCC. The molecule has 0 spiro atoms. The Labute approximate surface area is 467 Å². The summed E-state index contributed by atoms with van der Waals surface area (Å²) in [6.45, 7) is 15.8.